The Hall–Kier alpha value is -0.700. The van der Waals surface area contributed by atoms with Gasteiger partial charge in [0.05, 0.1) is 0 Å². The first kappa shape index (κ1) is 12.4. The normalized spacial score (nSPS) is 12.5. The highest BCUT2D eigenvalue weighted by Gasteiger charge is 2.17. The molecule has 0 amide bonds. The van der Waals surface area contributed by atoms with Crippen molar-refractivity contribution in [2.75, 3.05) is 0 Å². The Morgan fingerprint density at radius 3 is 2.80 bits per heavy atom. The number of hydrogen-bond donors (Lipinski definition) is 0. The molecule has 0 aliphatic carbocycles. The van der Waals surface area contributed by atoms with Gasteiger partial charge in [-0.2, -0.15) is 0 Å². The highest BCUT2D eigenvalue weighted by molar-refractivity contribution is 9.10. The van der Waals surface area contributed by atoms with Crippen molar-refractivity contribution in [1.82, 2.24) is 0 Å². The molecular formula is C12H14BrFO. The predicted octanol–water partition coefficient (Wildman–Crippen LogP) is 4.21. The molecule has 0 fully saturated rings. The lowest BCUT2D eigenvalue weighted by molar-refractivity contribution is 0.0922. The standard InChI is InChI=1S/C12H14BrFO/c1-3-4-8(2)12(15)10-7-9(14)5-6-11(10)13/h5-8H,3-4H2,1-2H3. The van der Waals surface area contributed by atoms with Crippen molar-refractivity contribution in [2.45, 2.75) is 26.7 Å². The fourth-order valence-electron chi connectivity index (χ4n) is 1.52. The molecule has 0 bridgehead atoms. The summed E-state index contributed by atoms with van der Waals surface area (Å²) in [5.41, 5.74) is 0.441. The van der Waals surface area contributed by atoms with E-state index in [9.17, 15) is 9.18 Å². The molecule has 1 atom stereocenters. The maximum Gasteiger partial charge on any atom is 0.166 e. The minimum atomic E-state index is -0.370. The van der Waals surface area contributed by atoms with E-state index in [0.717, 1.165) is 12.8 Å². The number of halogens is 2. The highest BCUT2D eigenvalue weighted by atomic mass is 79.9. The first-order valence-corrected chi connectivity index (χ1v) is 5.84. The summed E-state index contributed by atoms with van der Waals surface area (Å²) in [5, 5.41) is 0. The van der Waals surface area contributed by atoms with Gasteiger partial charge in [-0.25, -0.2) is 4.39 Å². The van der Waals surface area contributed by atoms with Gasteiger partial charge in [0.1, 0.15) is 5.82 Å². The number of Topliss-reactive ketones (excluding diaryl/α,β-unsaturated/α-hetero) is 1. The minimum absolute atomic E-state index is 0.00299. The average Bonchev–Trinajstić information content (AvgIpc) is 2.21. The highest BCUT2D eigenvalue weighted by Crippen LogP contribution is 2.22. The maximum absolute atomic E-state index is 13.0. The predicted molar refractivity (Wildman–Crippen MR) is 62.5 cm³/mol. The second-order valence-electron chi connectivity index (χ2n) is 3.68. The van der Waals surface area contributed by atoms with E-state index < -0.39 is 0 Å². The Morgan fingerprint density at radius 2 is 2.20 bits per heavy atom. The lowest BCUT2D eigenvalue weighted by atomic mass is 9.95. The zero-order valence-electron chi connectivity index (χ0n) is 8.89. The van der Waals surface area contributed by atoms with Crippen LogP contribution in [0.5, 0.6) is 0 Å². The Bertz CT molecular complexity index is 363. The third-order valence-electron chi connectivity index (χ3n) is 2.36. The van der Waals surface area contributed by atoms with Crippen molar-refractivity contribution >= 4 is 21.7 Å². The first-order chi connectivity index (χ1) is 7.06. The number of ketones is 1. The minimum Gasteiger partial charge on any atom is -0.294 e. The maximum atomic E-state index is 13.0. The SMILES string of the molecule is CCCC(C)C(=O)c1cc(F)ccc1Br. The third-order valence-corrected chi connectivity index (χ3v) is 3.05. The Kier molecular flexibility index (Phi) is 4.45. The summed E-state index contributed by atoms with van der Waals surface area (Å²) < 4.78 is 13.6. The second-order valence-corrected chi connectivity index (χ2v) is 4.53. The van der Waals surface area contributed by atoms with Crippen LogP contribution in [0.2, 0.25) is 0 Å². The molecule has 1 unspecified atom stereocenters. The summed E-state index contributed by atoms with van der Waals surface area (Å²) in [6.45, 7) is 3.91. The van der Waals surface area contributed by atoms with Crippen molar-refractivity contribution in [2.24, 2.45) is 5.92 Å². The molecule has 1 nitrogen and oxygen atoms in total. The monoisotopic (exact) mass is 272 g/mol. The fraction of sp³-hybridized carbons (Fsp3) is 0.417. The molecule has 3 heteroatoms. The largest absolute Gasteiger partial charge is 0.294 e. The van der Waals surface area contributed by atoms with Gasteiger partial charge in [0.2, 0.25) is 0 Å². The fourth-order valence-corrected chi connectivity index (χ4v) is 1.96. The summed E-state index contributed by atoms with van der Waals surface area (Å²) in [7, 11) is 0. The van der Waals surface area contributed by atoms with Crippen LogP contribution in [0.3, 0.4) is 0 Å². The van der Waals surface area contributed by atoms with Crippen LogP contribution >= 0.6 is 15.9 Å². The number of carbonyl (C=O) groups is 1. The molecule has 1 aromatic carbocycles. The summed E-state index contributed by atoms with van der Waals surface area (Å²) in [5.74, 6) is -0.415. The molecule has 0 radical (unpaired) electrons. The quantitative estimate of drug-likeness (QED) is 0.751. The van der Waals surface area contributed by atoms with Gasteiger partial charge in [0, 0.05) is 16.0 Å². The topological polar surface area (TPSA) is 17.1 Å². The van der Waals surface area contributed by atoms with E-state index >= 15 is 0 Å². The van der Waals surface area contributed by atoms with Crippen LogP contribution in [-0.2, 0) is 0 Å². The number of rotatable bonds is 4. The van der Waals surface area contributed by atoms with Crippen molar-refractivity contribution < 1.29 is 9.18 Å². The molecular weight excluding hydrogens is 259 g/mol. The molecule has 0 saturated heterocycles. The van der Waals surface area contributed by atoms with Gasteiger partial charge in [-0.3, -0.25) is 4.79 Å². The molecule has 0 heterocycles. The third kappa shape index (κ3) is 3.13. The van der Waals surface area contributed by atoms with E-state index in [2.05, 4.69) is 15.9 Å². The zero-order chi connectivity index (χ0) is 11.4. The molecule has 15 heavy (non-hydrogen) atoms. The lowest BCUT2D eigenvalue weighted by Gasteiger charge is -2.10. The first-order valence-electron chi connectivity index (χ1n) is 5.05. The second kappa shape index (κ2) is 5.40. The molecule has 1 rings (SSSR count). The van der Waals surface area contributed by atoms with E-state index in [0.29, 0.717) is 10.0 Å². The number of hydrogen-bond acceptors (Lipinski definition) is 1. The van der Waals surface area contributed by atoms with Gasteiger partial charge in [-0.15, -0.1) is 0 Å². The van der Waals surface area contributed by atoms with Gasteiger partial charge in [-0.05, 0) is 24.6 Å². The molecule has 82 valence electrons. The van der Waals surface area contributed by atoms with Crippen molar-refractivity contribution in [3.63, 3.8) is 0 Å². The summed E-state index contributed by atoms with van der Waals surface area (Å²) >= 11 is 3.26. The van der Waals surface area contributed by atoms with Crippen molar-refractivity contribution in [1.29, 1.82) is 0 Å². The summed E-state index contributed by atoms with van der Waals surface area (Å²) in [6, 6.07) is 4.20. The Balaban J connectivity index is 2.95. The summed E-state index contributed by atoms with van der Waals surface area (Å²) in [4.78, 5) is 11.9. The average molecular weight is 273 g/mol. The van der Waals surface area contributed by atoms with Crippen LogP contribution in [0.25, 0.3) is 0 Å². The van der Waals surface area contributed by atoms with Gasteiger partial charge in [0.25, 0.3) is 0 Å². The van der Waals surface area contributed by atoms with Crippen molar-refractivity contribution in [3.05, 3.63) is 34.1 Å². The Labute approximate surface area is 97.8 Å². The van der Waals surface area contributed by atoms with Crippen LogP contribution in [0.4, 0.5) is 4.39 Å². The van der Waals surface area contributed by atoms with Gasteiger partial charge < -0.3 is 0 Å². The molecule has 1 aromatic rings. The van der Waals surface area contributed by atoms with Gasteiger partial charge >= 0.3 is 0 Å². The summed E-state index contributed by atoms with van der Waals surface area (Å²) in [6.07, 6.45) is 1.79. The van der Waals surface area contributed by atoms with E-state index in [-0.39, 0.29) is 17.5 Å². The van der Waals surface area contributed by atoms with E-state index in [1.54, 1.807) is 6.07 Å². The lowest BCUT2D eigenvalue weighted by Crippen LogP contribution is -2.12. The van der Waals surface area contributed by atoms with E-state index in [1.165, 1.54) is 12.1 Å². The molecule has 0 spiro atoms. The van der Waals surface area contributed by atoms with Gasteiger partial charge in [-0.1, -0.05) is 36.2 Å². The zero-order valence-corrected chi connectivity index (χ0v) is 10.5. The van der Waals surface area contributed by atoms with E-state index in [4.69, 9.17) is 0 Å². The number of benzene rings is 1. The van der Waals surface area contributed by atoms with Crippen LogP contribution in [0.1, 0.15) is 37.0 Å². The van der Waals surface area contributed by atoms with Crippen LogP contribution in [0, 0.1) is 11.7 Å². The molecule has 0 aliphatic heterocycles. The van der Waals surface area contributed by atoms with Crippen LogP contribution in [0.15, 0.2) is 22.7 Å². The van der Waals surface area contributed by atoms with Crippen LogP contribution < -0.4 is 0 Å². The molecule has 0 aliphatic rings. The molecule has 0 saturated carbocycles. The molecule has 0 N–H and O–H groups in total. The van der Waals surface area contributed by atoms with E-state index in [1.807, 2.05) is 13.8 Å². The Morgan fingerprint density at radius 1 is 1.53 bits per heavy atom. The van der Waals surface area contributed by atoms with Crippen LogP contribution in [-0.4, -0.2) is 5.78 Å². The molecule has 0 aromatic heterocycles. The number of carbonyl (C=O) groups excluding carboxylic acids is 1. The smallest absolute Gasteiger partial charge is 0.166 e. The van der Waals surface area contributed by atoms with Gasteiger partial charge in [0.15, 0.2) is 5.78 Å². The van der Waals surface area contributed by atoms with Crippen molar-refractivity contribution in [3.8, 4) is 0 Å².